The number of aliphatic hydroxyl groups excluding tert-OH is 2. The Hall–Kier alpha value is -2.69. The van der Waals surface area contributed by atoms with Crippen molar-refractivity contribution in [2.45, 2.75) is 83.1 Å². The van der Waals surface area contributed by atoms with Crippen LogP contribution in [0.15, 0.2) is 30.3 Å². The molecule has 1 fully saturated rings. The Labute approximate surface area is 193 Å². The molecule has 0 heterocycles. The molecule has 2 rings (SSSR count). The summed E-state index contributed by atoms with van der Waals surface area (Å²) in [5.41, 5.74) is 0.159. The van der Waals surface area contributed by atoms with Gasteiger partial charge in [0.2, 0.25) is 5.91 Å². The van der Waals surface area contributed by atoms with Crippen LogP contribution < -0.4 is 10.6 Å². The highest BCUT2D eigenvalue weighted by Gasteiger charge is 2.39. The number of nitrogens with one attached hydrogen (secondary N) is 2. The summed E-state index contributed by atoms with van der Waals surface area (Å²) < 4.78 is 15.7. The quantitative estimate of drug-likeness (QED) is 0.416. The number of amides is 2. The summed E-state index contributed by atoms with van der Waals surface area (Å²) in [4.78, 5) is 36.2. The number of benzene rings is 1. The molecule has 1 saturated carbocycles. The molecular formula is C23H34N2O8. The molecule has 1 aromatic rings. The van der Waals surface area contributed by atoms with E-state index in [1.807, 2.05) is 30.3 Å². The average molecular weight is 467 g/mol. The highest BCUT2D eigenvalue weighted by atomic mass is 16.6. The zero-order chi connectivity index (χ0) is 24.6. The Morgan fingerprint density at radius 3 is 2.39 bits per heavy atom. The van der Waals surface area contributed by atoms with Crippen molar-refractivity contribution < 1.29 is 38.8 Å². The molecule has 10 heteroatoms. The molecule has 184 valence electrons. The van der Waals surface area contributed by atoms with Crippen molar-refractivity contribution in [1.82, 2.24) is 10.6 Å². The number of esters is 1. The van der Waals surface area contributed by atoms with E-state index in [0.717, 1.165) is 5.56 Å². The second kappa shape index (κ2) is 12.0. The monoisotopic (exact) mass is 466 g/mol. The first kappa shape index (κ1) is 26.6. The zero-order valence-corrected chi connectivity index (χ0v) is 19.4. The lowest BCUT2D eigenvalue weighted by atomic mass is 9.87. The summed E-state index contributed by atoms with van der Waals surface area (Å²) in [5, 5.41) is 25.8. The van der Waals surface area contributed by atoms with Crippen molar-refractivity contribution in [1.29, 1.82) is 0 Å². The second-order valence-electron chi connectivity index (χ2n) is 9.04. The molecule has 2 amide bonds. The van der Waals surface area contributed by atoms with Crippen LogP contribution in [-0.2, 0) is 30.4 Å². The molecule has 4 unspecified atom stereocenters. The van der Waals surface area contributed by atoms with Crippen molar-refractivity contribution >= 4 is 18.0 Å². The van der Waals surface area contributed by atoms with E-state index in [2.05, 4.69) is 10.6 Å². The Balaban J connectivity index is 1.75. The molecule has 0 aliphatic heterocycles. The predicted octanol–water partition coefficient (Wildman–Crippen LogP) is 1.03. The van der Waals surface area contributed by atoms with E-state index in [9.17, 15) is 24.6 Å². The van der Waals surface area contributed by atoms with E-state index in [-0.39, 0.29) is 13.2 Å². The summed E-state index contributed by atoms with van der Waals surface area (Å²) >= 11 is 0. The number of carbonyl (C=O) groups is 3. The molecule has 10 nitrogen and oxygen atoms in total. The van der Waals surface area contributed by atoms with Gasteiger partial charge in [-0.15, -0.1) is 0 Å². The number of hydrogen-bond donors (Lipinski definition) is 4. The molecular weight excluding hydrogens is 432 g/mol. The van der Waals surface area contributed by atoms with Gasteiger partial charge in [-0.1, -0.05) is 30.3 Å². The van der Waals surface area contributed by atoms with E-state index < -0.39 is 54.0 Å². The van der Waals surface area contributed by atoms with Crippen LogP contribution in [0.25, 0.3) is 0 Å². The minimum Gasteiger partial charge on any atom is -0.458 e. The van der Waals surface area contributed by atoms with Crippen LogP contribution in [0.1, 0.15) is 46.1 Å². The van der Waals surface area contributed by atoms with E-state index in [1.54, 1.807) is 20.8 Å². The van der Waals surface area contributed by atoms with E-state index in [0.29, 0.717) is 12.8 Å². The van der Waals surface area contributed by atoms with Gasteiger partial charge in [-0.05, 0) is 46.1 Å². The van der Waals surface area contributed by atoms with Crippen LogP contribution in [0.2, 0.25) is 0 Å². The molecule has 0 aromatic heterocycles. The van der Waals surface area contributed by atoms with Gasteiger partial charge in [0, 0.05) is 0 Å². The Morgan fingerprint density at radius 2 is 1.76 bits per heavy atom. The van der Waals surface area contributed by atoms with Crippen LogP contribution in [0.3, 0.4) is 0 Å². The minimum atomic E-state index is -1.30. The van der Waals surface area contributed by atoms with Crippen molar-refractivity contribution in [2.75, 3.05) is 6.61 Å². The Morgan fingerprint density at radius 1 is 1.09 bits per heavy atom. The van der Waals surface area contributed by atoms with E-state index in [4.69, 9.17) is 14.2 Å². The molecule has 1 aliphatic rings. The fraction of sp³-hybridized carbons (Fsp3) is 0.609. The van der Waals surface area contributed by atoms with Gasteiger partial charge in [0.05, 0.1) is 12.1 Å². The number of rotatable bonds is 8. The Bertz CT molecular complexity index is 795. The first-order chi connectivity index (χ1) is 15.5. The normalized spacial score (nSPS) is 23.8. The first-order valence-corrected chi connectivity index (χ1v) is 10.9. The lowest BCUT2D eigenvalue weighted by Gasteiger charge is -2.38. The third kappa shape index (κ3) is 8.99. The maximum absolute atomic E-state index is 12.4. The summed E-state index contributed by atoms with van der Waals surface area (Å²) in [6.45, 7) is 6.40. The molecule has 0 spiro atoms. The van der Waals surface area contributed by atoms with Gasteiger partial charge in [-0.2, -0.15) is 0 Å². The van der Waals surface area contributed by atoms with Crippen molar-refractivity contribution in [3.8, 4) is 0 Å². The van der Waals surface area contributed by atoms with Gasteiger partial charge in [0.15, 0.2) is 0 Å². The van der Waals surface area contributed by atoms with Crippen LogP contribution in [0.5, 0.6) is 0 Å². The maximum Gasteiger partial charge on any atom is 0.408 e. The van der Waals surface area contributed by atoms with Gasteiger partial charge in [-0.3, -0.25) is 4.79 Å². The van der Waals surface area contributed by atoms with Crippen molar-refractivity contribution in [3.63, 3.8) is 0 Å². The zero-order valence-electron chi connectivity index (χ0n) is 19.4. The first-order valence-electron chi connectivity index (χ1n) is 10.9. The number of aliphatic hydroxyl groups is 2. The number of hydrogen-bond acceptors (Lipinski definition) is 8. The molecule has 4 N–H and O–H groups in total. The highest BCUT2D eigenvalue weighted by Crippen LogP contribution is 2.23. The van der Waals surface area contributed by atoms with Crippen molar-refractivity contribution in [3.05, 3.63) is 35.9 Å². The number of ether oxygens (including phenoxy) is 3. The van der Waals surface area contributed by atoms with Gasteiger partial charge < -0.3 is 35.1 Å². The topological polar surface area (TPSA) is 143 Å². The van der Waals surface area contributed by atoms with Gasteiger partial charge >= 0.3 is 12.1 Å². The Kier molecular flexibility index (Phi) is 9.63. The molecule has 0 bridgehead atoms. The lowest BCUT2D eigenvalue weighted by Crippen LogP contribution is -2.59. The fourth-order valence-corrected chi connectivity index (χ4v) is 3.34. The van der Waals surface area contributed by atoms with Crippen LogP contribution in [0, 0.1) is 0 Å². The predicted molar refractivity (Wildman–Crippen MR) is 118 cm³/mol. The molecule has 33 heavy (non-hydrogen) atoms. The SMILES string of the molecule is C[C@H](NC(=O)OCc1ccccc1)C(=O)NC1CCC(OCC(=O)OC(C)(C)C)C(O)C1O. The molecule has 1 aromatic carbocycles. The van der Waals surface area contributed by atoms with E-state index >= 15 is 0 Å². The van der Waals surface area contributed by atoms with Crippen molar-refractivity contribution in [2.24, 2.45) is 0 Å². The maximum atomic E-state index is 12.4. The van der Waals surface area contributed by atoms with Crippen LogP contribution >= 0.6 is 0 Å². The summed E-state index contributed by atoms with van der Waals surface area (Å²) in [7, 11) is 0. The van der Waals surface area contributed by atoms with Crippen LogP contribution in [-0.4, -0.2) is 70.8 Å². The third-order valence-corrected chi connectivity index (χ3v) is 5.01. The summed E-state index contributed by atoms with van der Waals surface area (Å²) in [6.07, 6.45) is -3.50. The number of carbonyl (C=O) groups excluding carboxylic acids is 3. The highest BCUT2D eigenvalue weighted by molar-refractivity contribution is 5.85. The smallest absolute Gasteiger partial charge is 0.408 e. The molecule has 0 saturated heterocycles. The lowest BCUT2D eigenvalue weighted by molar-refractivity contribution is -0.171. The van der Waals surface area contributed by atoms with Gasteiger partial charge in [0.25, 0.3) is 0 Å². The molecule has 0 radical (unpaired) electrons. The standard InChI is InChI=1S/C23H34N2O8/c1-14(24-22(30)32-12-15-8-6-5-7-9-15)21(29)25-16-10-11-17(20(28)19(16)27)31-13-18(26)33-23(2,3)4/h5-9,14,16-17,19-20,27-28H,10-13H2,1-4H3,(H,24,30)(H,25,29)/t14-,16?,17?,19?,20?/m0/s1. The van der Waals surface area contributed by atoms with E-state index in [1.165, 1.54) is 6.92 Å². The largest absolute Gasteiger partial charge is 0.458 e. The molecule has 5 atom stereocenters. The van der Waals surface area contributed by atoms with Gasteiger partial charge in [-0.25, -0.2) is 9.59 Å². The summed E-state index contributed by atoms with van der Waals surface area (Å²) in [6, 6.07) is 7.46. The molecule has 1 aliphatic carbocycles. The van der Waals surface area contributed by atoms with Crippen LogP contribution in [0.4, 0.5) is 4.79 Å². The summed E-state index contributed by atoms with van der Waals surface area (Å²) in [5.74, 6) is -1.10. The fourth-order valence-electron chi connectivity index (χ4n) is 3.34. The third-order valence-electron chi connectivity index (χ3n) is 5.01. The number of alkyl carbamates (subject to hydrolysis) is 1. The minimum absolute atomic E-state index is 0.0687. The second-order valence-corrected chi connectivity index (χ2v) is 9.04. The average Bonchev–Trinajstić information content (AvgIpc) is 2.74. The van der Waals surface area contributed by atoms with Gasteiger partial charge in [0.1, 0.15) is 37.1 Å².